The molecular weight excluding hydrogens is 96.1 g/mol. The first-order chi connectivity index (χ1) is 3.81. The summed E-state index contributed by atoms with van der Waals surface area (Å²) < 4.78 is 0. The van der Waals surface area contributed by atoms with E-state index in [0.29, 0.717) is 5.92 Å². The molecule has 47 valence electrons. The fourth-order valence-electron chi connectivity index (χ4n) is 0.465. The Kier molecular flexibility index (Phi) is 4.73. The van der Waals surface area contributed by atoms with E-state index in [9.17, 15) is 0 Å². The van der Waals surface area contributed by atoms with Crippen molar-refractivity contribution in [2.24, 2.45) is 5.92 Å². The molecule has 0 rings (SSSR count). The molecule has 0 N–H and O–H groups in total. The summed E-state index contributed by atoms with van der Waals surface area (Å²) in [6.45, 7) is 8.20. The van der Waals surface area contributed by atoms with Crippen molar-refractivity contribution >= 4 is 0 Å². The van der Waals surface area contributed by atoms with E-state index in [1.807, 2.05) is 0 Å². The number of hydrogen-bond donors (Lipinski definition) is 0. The summed E-state index contributed by atoms with van der Waals surface area (Å²) in [5, 5.41) is 0. The van der Waals surface area contributed by atoms with Gasteiger partial charge in [0.2, 0.25) is 0 Å². The second-order valence-corrected chi connectivity index (χ2v) is 2.00. The van der Waals surface area contributed by atoms with Crippen molar-refractivity contribution in [2.75, 3.05) is 0 Å². The predicted octanol–water partition coefficient (Wildman–Crippen LogP) is 2.81. The van der Waals surface area contributed by atoms with Crippen LogP contribution in [-0.4, -0.2) is 0 Å². The highest BCUT2D eigenvalue weighted by molar-refractivity contribution is 4.87. The third-order valence-corrected chi connectivity index (χ3v) is 1.17. The van der Waals surface area contributed by atoms with Crippen LogP contribution in [0.3, 0.4) is 0 Å². The zero-order chi connectivity index (χ0) is 6.41. The van der Waals surface area contributed by atoms with Crippen LogP contribution < -0.4 is 0 Å². The maximum absolute atomic E-state index is 3.91. The van der Waals surface area contributed by atoms with Gasteiger partial charge in [-0.15, -0.1) is 0 Å². The summed E-state index contributed by atoms with van der Waals surface area (Å²) in [7, 11) is 0. The lowest BCUT2D eigenvalue weighted by molar-refractivity contribution is 0.767. The van der Waals surface area contributed by atoms with Crippen molar-refractivity contribution in [1.82, 2.24) is 0 Å². The fraction of sp³-hybridized carbons (Fsp3) is 0.625. The molecule has 0 heterocycles. The van der Waals surface area contributed by atoms with Gasteiger partial charge in [-0.3, -0.25) is 0 Å². The Hall–Kier alpha value is -0.260. The molecule has 0 aromatic carbocycles. The van der Waals surface area contributed by atoms with Gasteiger partial charge in [-0.2, -0.15) is 0 Å². The van der Waals surface area contributed by atoms with Gasteiger partial charge in [-0.1, -0.05) is 26.0 Å². The van der Waals surface area contributed by atoms with Crippen LogP contribution in [0.1, 0.15) is 26.7 Å². The molecule has 0 bridgehead atoms. The highest BCUT2D eigenvalue weighted by atomic mass is 13.9. The van der Waals surface area contributed by atoms with Crippen LogP contribution >= 0.6 is 0 Å². The van der Waals surface area contributed by atoms with Crippen molar-refractivity contribution in [3.8, 4) is 0 Å². The summed E-state index contributed by atoms with van der Waals surface area (Å²) in [6, 6.07) is 0. The van der Waals surface area contributed by atoms with Gasteiger partial charge in [-0.25, -0.2) is 0 Å². The molecule has 0 amide bonds. The summed E-state index contributed by atoms with van der Waals surface area (Å²) >= 11 is 0. The lowest BCUT2D eigenvalue weighted by atomic mass is 10.1. The first-order valence-corrected chi connectivity index (χ1v) is 3.31. The second-order valence-electron chi connectivity index (χ2n) is 2.00. The summed E-state index contributed by atoms with van der Waals surface area (Å²) in [6.07, 6.45) is 6.61. The molecule has 0 aromatic heterocycles. The van der Waals surface area contributed by atoms with Crippen LogP contribution in [0.15, 0.2) is 12.2 Å². The van der Waals surface area contributed by atoms with Crippen LogP contribution in [0.4, 0.5) is 0 Å². The Morgan fingerprint density at radius 2 is 2.12 bits per heavy atom. The third kappa shape index (κ3) is 3.91. The molecule has 0 nitrogen and oxygen atoms in total. The van der Waals surface area contributed by atoms with E-state index in [1.165, 1.54) is 0 Å². The lowest BCUT2D eigenvalue weighted by Gasteiger charge is -1.96. The summed E-state index contributed by atoms with van der Waals surface area (Å²) in [4.78, 5) is 0. The van der Waals surface area contributed by atoms with Crippen molar-refractivity contribution < 1.29 is 0 Å². The molecule has 0 aliphatic carbocycles. The minimum Gasteiger partial charge on any atom is -0.0885 e. The highest BCUT2D eigenvalue weighted by Crippen LogP contribution is 2.00. The first-order valence-electron chi connectivity index (χ1n) is 3.31. The average Bonchev–Trinajstić information content (AvgIpc) is 1.83. The maximum Gasteiger partial charge on any atom is -0.0236 e. The zero-order valence-electron chi connectivity index (χ0n) is 5.85. The molecule has 1 radical (unpaired) electrons. The second kappa shape index (κ2) is 4.89. The molecule has 1 atom stereocenters. The Bertz CT molecular complexity index is 62.4. The van der Waals surface area contributed by atoms with Crippen molar-refractivity contribution in [3.05, 3.63) is 19.1 Å². The number of hydrogen-bond acceptors (Lipinski definition) is 0. The monoisotopic (exact) mass is 111 g/mol. The van der Waals surface area contributed by atoms with Gasteiger partial charge in [-0.05, 0) is 25.7 Å². The third-order valence-electron chi connectivity index (χ3n) is 1.17. The Labute approximate surface area is 52.6 Å². The first kappa shape index (κ1) is 7.74. The summed E-state index contributed by atoms with van der Waals surface area (Å²) in [5.41, 5.74) is 0. The molecule has 8 heavy (non-hydrogen) atoms. The standard InChI is InChI=1S/C8H15/c1-4-6-7-8(3)5-2/h6-8H,3-5H2,1-2H3/b7-6+. The molecule has 0 aliphatic heterocycles. The van der Waals surface area contributed by atoms with E-state index in [0.717, 1.165) is 12.8 Å². The van der Waals surface area contributed by atoms with E-state index in [2.05, 4.69) is 32.9 Å². The van der Waals surface area contributed by atoms with Gasteiger partial charge >= 0.3 is 0 Å². The lowest BCUT2D eigenvalue weighted by Crippen LogP contribution is -1.83. The van der Waals surface area contributed by atoms with Gasteiger partial charge in [0.15, 0.2) is 0 Å². The Balaban J connectivity index is 3.21. The Morgan fingerprint density at radius 1 is 1.50 bits per heavy atom. The van der Waals surface area contributed by atoms with Crippen molar-refractivity contribution in [1.29, 1.82) is 0 Å². The average molecular weight is 111 g/mol. The van der Waals surface area contributed by atoms with Crippen LogP contribution in [-0.2, 0) is 0 Å². The van der Waals surface area contributed by atoms with E-state index in [1.54, 1.807) is 0 Å². The molecule has 0 saturated heterocycles. The molecule has 0 heteroatoms. The quantitative estimate of drug-likeness (QED) is 0.491. The number of rotatable bonds is 3. The minimum atomic E-state index is 0.523. The van der Waals surface area contributed by atoms with Crippen LogP contribution in [0.2, 0.25) is 0 Å². The molecule has 0 aliphatic rings. The van der Waals surface area contributed by atoms with Gasteiger partial charge in [0.25, 0.3) is 0 Å². The minimum absolute atomic E-state index is 0.523. The van der Waals surface area contributed by atoms with Gasteiger partial charge in [0.1, 0.15) is 0 Å². The Morgan fingerprint density at radius 3 is 2.50 bits per heavy atom. The van der Waals surface area contributed by atoms with Crippen molar-refractivity contribution in [2.45, 2.75) is 26.7 Å². The van der Waals surface area contributed by atoms with E-state index < -0.39 is 0 Å². The van der Waals surface area contributed by atoms with Crippen molar-refractivity contribution in [3.63, 3.8) is 0 Å². The molecule has 0 saturated carbocycles. The smallest absolute Gasteiger partial charge is 0.0236 e. The molecule has 0 fully saturated rings. The predicted molar refractivity (Wildman–Crippen MR) is 38.6 cm³/mol. The summed E-state index contributed by atoms with van der Waals surface area (Å²) in [5.74, 6) is 0.523. The maximum atomic E-state index is 3.91. The fourth-order valence-corrected chi connectivity index (χ4v) is 0.465. The van der Waals surface area contributed by atoms with Crippen LogP contribution in [0.25, 0.3) is 0 Å². The van der Waals surface area contributed by atoms with Crippen LogP contribution in [0.5, 0.6) is 0 Å². The highest BCUT2D eigenvalue weighted by Gasteiger charge is 1.87. The van der Waals surface area contributed by atoms with E-state index >= 15 is 0 Å². The molecule has 0 spiro atoms. The van der Waals surface area contributed by atoms with E-state index in [4.69, 9.17) is 0 Å². The number of allylic oxidation sites excluding steroid dienone is 2. The van der Waals surface area contributed by atoms with E-state index in [-0.39, 0.29) is 0 Å². The SMILES string of the molecule is [CH2]C(/C=C/CC)CC. The zero-order valence-corrected chi connectivity index (χ0v) is 5.85. The normalized spacial score (nSPS) is 14.9. The topological polar surface area (TPSA) is 0 Å². The molecule has 0 aromatic rings. The molecule has 1 unspecified atom stereocenters. The van der Waals surface area contributed by atoms with Gasteiger partial charge in [0, 0.05) is 0 Å². The largest absolute Gasteiger partial charge is 0.0885 e. The molecular formula is C8H15. The van der Waals surface area contributed by atoms with Gasteiger partial charge in [0.05, 0.1) is 0 Å². The van der Waals surface area contributed by atoms with Crippen LogP contribution in [0, 0.1) is 12.8 Å². The van der Waals surface area contributed by atoms with Gasteiger partial charge < -0.3 is 0 Å².